The van der Waals surface area contributed by atoms with Gasteiger partial charge in [0.05, 0.1) is 0 Å². The minimum atomic E-state index is 0.327. The van der Waals surface area contributed by atoms with Crippen LogP contribution in [0.2, 0.25) is 0 Å². The van der Waals surface area contributed by atoms with Gasteiger partial charge in [-0.05, 0) is 51.4 Å². The fraction of sp³-hybridized carbons (Fsp3) is 0.800. The molecule has 2 aliphatic carbocycles. The zero-order valence-corrected chi connectivity index (χ0v) is 15.0. The second-order valence-corrected chi connectivity index (χ2v) is 8.25. The van der Waals surface area contributed by atoms with Crippen LogP contribution in [0.25, 0.3) is 0 Å². The van der Waals surface area contributed by atoms with Gasteiger partial charge in [0.15, 0.2) is 0 Å². The van der Waals surface area contributed by atoms with Crippen molar-refractivity contribution in [1.29, 1.82) is 0 Å². The maximum atomic E-state index is 12.7. The van der Waals surface area contributed by atoms with Crippen molar-refractivity contribution in [3.63, 3.8) is 0 Å². The third kappa shape index (κ3) is 3.38. The molecular weight excluding hydrogens is 298 g/mol. The molecule has 0 bridgehead atoms. The highest BCUT2D eigenvalue weighted by molar-refractivity contribution is 5.79. The lowest BCUT2D eigenvalue weighted by Crippen LogP contribution is -2.43. The molecule has 1 aromatic rings. The van der Waals surface area contributed by atoms with E-state index in [-0.39, 0.29) is 0 Å². The summed E-state index contributed by atoms with van der Waals surface area (Å²) in [5, 5.41) is 0. The monoisotopic (exact) mass is 329 g/mol. The van der Waals surface area contributed by atoms with Gasteiger partial charge in [-0.3, -0.25) is 4.79 Å². The van der Waals surface area contributed by atoms with Gasteiger partial charge < -0.3 is 9.47 Å². The van der Waals surface area contributed by atoms with Gasteiger partial charge in [0, 0.05) is 43.4 Å². The molecule has 3 fully saturated rings. The number of hydrogen-bond acceptors (Lipinski definition) is 2. The van der Waals surface area contributed by atoms with E-state index >= 15 is 0 Å². The van der Waals surface area contributed by atoms with Gasteiger partial charge >= 0.3 is 0 Å². The molecule has 4 nitrogen and oxygen atoms in total. The Morgan fingerprint density at radius 1 is 1.08 bits per heavy atom. The average molecular weight is 329 g/mol. The quantitative estimate of drug-likeness (QED) is 0.840. The number of carbonyl (C=O) groups excluding carboxylic acids is 1. The van der Waals surface area contributed by atoms with E-state index in [0.717, 1.165) is 45.3 Å². The summed E-state index contributed by atoms with van der Waals surface area (Å²) in [5.74, 6) is 3.50. The molecule has 0 atom stereocenters. The SMILES string of the molecule is Cc1cnc(C2CC2)n1CC1CCN(C(=O)C2CCCCC2)CC1. The highest BCUT2D eigenvalue weighted by Crippen LogP contribution is 2.40. The smallest absolute Gasteiger partial charge is 0.225 e. The number of nitrogens with zero attached hydrogens (tertiary/aromatic N) is 3. The molecule has 4 rings (SSSR count). The van der Waals surface area contributed by atoms with Crippen LogP contribution >= 0.6 is 0 Å². The summed E-state index contributed by atoms with van der Waals surface area (Å²) < 4.78 is 2.46. The Bertz CT molecular complexity index is 576. The molecule has 1 aliphatic heterocycles. The normalized spacial score (nSPS) is 23.6. The molecule has 0 unspecified atom stereocenters. The van der Waals surface area contributed by atoms with E-state index in [1.54, 1.807) is 0 Å². The summed E-state index contributed by atoms with van der Waals surface area (Å²) in [6, 6.07) is 0. The standard InChI is InChI=1S/C20H31N3O/c1-15-13-21-19(17-7-8-17)23(15)14-16-9-11-22(12-10-16)20(24)18-5-3-2-4-6-18/h13,16-18H,2-12,14H2,1H3. The molecule has 1 amide bonds. The van der Waals surface area contributed by atoms with E-state index < -0.39 is 0 Å². The average Bonchev–Trinajstić information content (AvgIpc) is 3.41. The molecule has 0 spiro atoms. The number of imidazole rings is 1. The topological polar surface area (TPSA) is 38.1 Å². The Hall–Kier alpha value is -1.32. The molecule has 4 heteroatoms. The maximum Gasteiger partial charge on any atom is 0.225 e. The lowest BCUT2D eigenvalue weighted by Gasteiger charge is -2.35. The van der Waals surface area contributed by atoms with E-state index in [2.05, 4.69) is 21.4 Å². The Morgan fingerprint density at radius 2 is 1.79 bits per heavy atom. The van der Waals surface area contributed by atoms with Crippen LogP contribution < -0.4 is 0 Å². The van der Waals surface area contributed by atoms with Crippen molar-refractivity contribution < 1.29 is 4.79 Å². The molecule has 0 N–H and O–H groups in total. The first kappa shape index (κ1) is 16.2. The van der Waals surface area contributed by atoms with Crippen molar-refractivity contribution in [1.82, 2.24) is 14.5 Å². The summed E-state index contributed by atoms with van der Waals surface area (Å²) in [6.45, 7) is 5.21. The van der Waals surface area contributed by atoms with Crippen LogP contribution in [0.1, 0.15) is 75.2 Å². The summed E-state index contributed by atoms with van der Waals surface area (Å²) in [7, 11) is 0. The molecule has 0 radical (unpaired) electrons. The maximum absolute atomic E-state index is 12.7. The Morgan fingerprint density at radius 3 is 2.46 bits per heavy atom. The molecule has 3 aliphatic rings. The van der Waals surface area contributed by atoms with Gasteiger partial charge in [-0.15, -0.1) is 0 Å². The number of rotatable bonds is 4. The Kier molecular flexibility index (Phi) is 4.64. The predicted molar refractivity (Wildman–Crippen MR) is 94.8 cm³/mol. The largest absolute Gasteiger partial charge is 0.342 e. The molecule has 2 saturated carbocycles. The third-order valence-corrected chi connectivity index (χ3v) is 6.35. The fourth-order valence-electron chi connectivity index (χ4n) is 4.59. The van der Waals surface area contributed by atoms with Crippen molar-refractivity contribution in [2.75, 3.05) is 13.1 Å². The molecule has 1 aromatic heterocycles. The van der Waals surface area contributed by atoms with Crippen molar-refractivity contribution in [2.24, 2.45) is 11.8 Å². The van der Waals surface area contributed by atoms with Gasteiger partial charge in [0.2, 0.25) is 5.91 Å². The highest BCUT2D eigenvalue weighted by Gasteiger charge is 2.32. The zero-order valence-electron chi connectivity index (χ0n) is 15.0. The number of likely N-dealkylation sites (tertiary alicyclic amines) is 1. The number of amides is 1. The Labute approximate surface area is 145 Å². The van der Waals surface area contributed by atoms with Gasteiger partial charge in [0.25, 0.3) is 0 Å². The summed E-state index contributed by atoms with van der Waals surface area (Å²) >= 11 is 0. The second-order valence-electron chi connectivity index (χ2n) is 8.25. The van der Waals surface area contributed by atoms with Crippen LogP contribution in [0.15, 0.2) is 6.20 Å². The van der Waals surface area contributed by atoms with Crippen molar-refractivity contribution >= 4 is 5.91 Å². The molecule has 2 heterocycles. The number of hydrogen-bond donors (Lipinski definition) is 0. The number of carbonyl (C=O) groups is 1. The lowest BCUT2D eigenvalue weighted by molar-refractivity contribution is -0.138. The first-order chi connectivity index (χ1) is 11.7. The van der Waals surface area contributed by atoms with E-state index in [1.807, 2.05) is 6.20 Å². The summed E-state index contributed by atoms with van der Waals surface area (Å²) in [5.41, 5.74) is 1.30. The van der Waals surface area contributed by atoms with Crippen LogP contribution in [-0.2, 0) is 11.3 Å². The zero-order chi connectivity index (χ0) is 16.5. The van der Waals surface area contributed by atoms with Crippen molar-refractivity contribution in [3.8, 4) is 0 Å². The van der Waals surface area contributed by atoms with Crippen molar-refractivity contribution in [2.45, 2.75) is 77.2 Å². The van der Waals surface area contributed by atoms with Crippen LogP contribution in [0, 0.1) is 18.8 Å². The molecule has 24 heavy (non-hydrogen) atoms. The van der Waals surface area contributed by atoms with Gasteiger partial charge in [-0.2, -0.15) is 0 Å². The predicted octanol–water partition coefficient (Wildman–Crippen LogP) is 3.89. The minimum Gasteiger partial charge on any atom is -0.342 e. The number of piperidine rings is 1. The van der Waals surface area contributed by atoms with Crippen molar-refractivity contribution in [3.05, 3.63) is 17.7 Å². The van der Waals surface area contributed by atoms with Gasteiger partial charge in [0.1, 0.15) is 5.82 Å². The molecular formula is C20H31N3O. The molecule has 0 aromatic carbocycles. The first-order valence-corrected chi connectivity index (χ1v) is 10.0. The number of aromatic nitrogens is 2. The van der Waals surface area contributed by atoms with Crippen LogP contribution in [0.3, 0.4) is 0 Å². The van der Waals surface area contributed by atoms with E-state index in [9.17, 15) is 4.79 Å². The highest BCUT2D eigenvalue weighted by atomic mass is 16.2. The first-order valence-electron chi connectivity index (χ1n) is 10.0. The summed E-state index contributed by atoms with van der Waals surface area (Å²) in [6.07, 6.45) is 13.0. The van der Waals surface area contributed by atoms with E-state index in [1.165, 1.54) is 43.6 Å². The van der Waals surface area contributed by atoms with Gasteiger partial charge in [-0.25, -0.2) is 4.98 Å². The number of aryl methyl sites for hydroxylation is 1. The van der Waals surface area contributed by atoms with Gasteiger partial charge in [-0.1, -0.05) is 19.3 Å². The minimum absolute atomic E-state index is 0.327. The molecule has 132 valence electrons. The van der Waals surface area contributed by atoms with E-state index in [4.69, 9.17) is 0 Å². The third-order valence-electron chi connectivity index (χ3n) is 6.35. The van der Waals surface area contributed by atoms with Crippen LogP contribution in [0.5, 0.6) is 0 Å². The lowest BCUT2D eigenvalue weighted by atomic mass is 9.87. The summed E-state index contributed by atoms with van der Waals surface area (Å²) in [4.78, 5) is 19.5. The second kappa shape index (κ2) is 6.89. The fourth-order valence-corrected chi connectivity index (χ4v) is 4.59. The molecule has 1 saturated heterocycles. The van der Waals surface area contributed by atoms with Crippen LogP contribution in [0.4, 0.5) is 0 Å². The van der Waals surface area contributed by atoms with E-state index in [0.29, 0.717) is 23.7 Å². The van der Waals surface area contributed by atoms with Crippen LogP contribution in [-0.4, -0.2) is 33.4 Å². The Balaban J connectivity index is 1.31.